The molecule has 0 saturated carbocycles. The van der Waals surface area contributed by atoms with Crippen molar-refractivity contribution < 1.29 is 13.7 Å². The minimum absolute atomic E-state index is 0.140. The van der Waals surface area contributed by atoms with Crippen molar-refractivity contribution in [2.75, 3.05) is 13.1 Å². The Kier molecular flexibility index (Phi) is 4.64. The smallest absolute Gasteiger partial charge is 0.317 e. The van der Waals surface area contributed by atoms with Gasteiger partial charge in [0.05, 0.1) is 5.69 Å². The minimum atomic E-state index is -0.222. The van der Waals surface area contributed by atoms with E-state index in [1.54, 1.807) is 17.0 Å². The predicted molar refractivity (Wildman–Crippen MR) is 88.8 cm³/mol. The number of carbonyl (C=O) groups excluding carboxylic acids is 1. The standard InChI is InChI=1S/C18H20FN3O2/c1-12-16(13(2)24-21-12)11-20-18(23)22-9-7-14(8-10-22)15-5-3-4-6-17(15)19/h3-7H,8-11H2,1-2H3,(H,20,23). The van der Waals surface area contributed by atoms with Crippen LogP contribution in [-0.4, -0.2) is 29.2 Å². The quantitative estimate of drug-likeness (QED) is 0.938. The molecule has 0 saturated heterocycles. The molecule has 126 valence electrons. The lowest BCUT2D eigenvalue weighted by Crippen LogP contribution is -2.41. The van der Waals surface area contributed by atoms with E-state index in [1.165, 1.54) is 6.07 Å². The van der Waals surface area contributed by atoms with Crippen molar-refractivity contribution in [1.29, 1.82) is 0 Å². The topological polar surface area (TPSA) is 58.4 Å². The molecule has 0 fully saturated rings. The molecule has 1 aromatic carbocycles. The molecule has 5 nitrogen and oxygen atoms in total. The lowest BCUT2D eigenvalue weighted by molar-refractivity contribution is 0.202. The molecule has 0 spiro atoms. The number of aromatic nitrogens is 1. The predicted octanol–water partition coefficient (Wildman–Crippen LogP) is 3.43. The fraction of sp³-hybridized carbons (Fsp3) is 0.333. The van der Waals surface area contributed by atoms with E-state index in [0.717, 1.165) is 16.8 Å². The highest BCUT2D eigenvalue weighted by Crippen LogP contribution is 2.24. The van der Waals surface area contributed by atoms with E-state index in [-0.39, 0.29) is 11.8 Å². The highest BCUT2D eigenvalue weighted by Gasteiger charge is 2.19. The monoisotopic (exact) mass is 329 g/mol. The molecule has 6 heteroatoms. The summed E-state index contributed by atoms with van der Waals surface area (Å²) in [5.74, 6) is 0.494. The van der Waals surface area contributed by atoms with Crippen molar-refractivity contribution in [2.45, 2.75) is 26.8 Å². The zero-order valence-corrected chi connectivity index (χ0v) is 13.8. The molecule has 0 atom stereocenters. The molecule has 1 aromatic heterocycles. The number of amides is 2. The van der Waals surface area contributed by atoms with Crippen LogP contribution in [0.5, 0.6) is 0 Å². The van der Waals surface area contributed by atoms with E-state index < -0.39 is 0 Å². The van der Waals surface area contributed by atoms with E-state index in [0.29, 0.717) is 37.4 Å². The number of nitrogens with one attached hydrogen (secondary N) is 1. The number of hydrogen-bond donors (Lipinski definition) is 1. The largest absolute Gasteiger partial charge is 0.361 e. The van der Waals surface area contributed by atoms with Crippen molar-refractivity contribution >= 4 is 11.6 Å². The van der Waals surface area contributed by atoms with Crippen LogP contribution >= 0.6 is 0 Å². The summed E-state index contributed by atoms with van der Waals surface area (Å²) in [6, 6.07) is 6.59. The third-order valence-corrected chi connectivity index (χ3v) is 4.31. The van der Waals surface area contributed by atoms with Crippen LogP contribution in [0.4, 0.5) is 9.18 Å². The van der Waals surface area contributed by atoms with Gasteiger partial charge in [0.1, 0.15) is 11.6 Å². The number of urea groups is 1. The van der Waals surface area contributed by atoms with Gasteiger partial charge in [0.2, 0.25) is 0 Å². The third-order valence-electron chi connectivity index (χ3n) is 4.31. The average molecular weight is 329 g/mol. The second kappa shape index (κ2) is 6.86. The Balaban J connectivity index is 1.60. The third kappa shape index (κ3) is 3.32. The number of rotatable bonds is 3. The first-order valence-corrected chi connectivity index (χ1v) is 7.94. The van der Waals surface area contributed by atoms with E-state index in [2.05, 4.69) is 10.5 Å². The van der Waals surface area contributed by atoms with E-state index >= 15 is 0 Å². The molecule has 0 unspecified atom stereocenters. The van der Waals surface area contributed by atoms with Gasteiger partial charge in [0.15, 0.2) is 0 Å². The molecule has 2 amide bonds. The van der Waals surface area contributed by atoms with Crippen LogP contribution in [-0.2, 0) is 6.54 Å². The minimum Gasteiger partial charge on any atom is -0.361 e. The van der Waals surface area contributed by atoms with Crippen LogP contribution in [0, 0.1) is 19.7 Å². The summed E-state index contributed by atoms with van der Waals surface area (Å²) in [5, 5.41) is 6.76. The normalized spacial score (nSPS) is 14.5. The molecular weight excluding hydrogens is 309 g/mol. The van der Waals surface area contributed by atoms with Crippen LogP contribution in [0.1, 0.15) is 29.0 Å². The summed E-state index contributed by atoms with van der Waals surface area (Å²) < 4.78 is 18.9. The van der Waals surface area contributed by atoms with Crippen molar-refractivity contribution in [1.82, 2.24) is 15.4 Å². The van der Waals surface area contributed by atoms with E-state index in [9.17, 15) is 9.18 Å². The van der Waals surface area contributed by atoms with E-state index in [1.807, 2.05) is 26.0 Å². The summed E-state index contributed by atoms with van der Waals surface area (Å²) in [6.07, 6.45) is 2.55. The number of benzene rings is 1. The van der Waals surface area contributed by atoms with Gasteiger partial charge in [-0.1, -0.05) is 29.4 Å². The van der Waals surface area contributed by atoms with Gasteiger partial charge < -0.3 is 14.7 Å². The van der Waals surface area contributed by atoms with Crippen molar-refractivity contribution in [3.8, 4) is 0 Å². The Bertz CT molecular complexity index is 763. The van der Waals surface area contributed by atoms with Crippen molar-refractivity contribution in [2.24, 2.45) is 0 Å². The molecule has 24 heavy (non-hydrogen) atoms. The summed E-state index contributed by atoms with van der Waals surface area (Å²) in [4.78, 5) is 14.0. The Hall–Kier alpha value is -2.63. The molecule has 1 aliphatic rings. The first-order valence-electron chi connectivity index (χ1n) is 7.94. The molecule has 2 heterocycles. The van der Waals surface area contributed by atoms with E-state index in [4.69, 9.17) is 4.52 Å². The molecule has 3 rings (SSSR count). The molecule has 2 aromatic rings. The van der Waals surface area contributed by atoms with Crippen LogP contribution in [0.3, 0.4) is 0 Å². The van der Waals surface area contributed by atoms with Crippen LogP contribution in [0.25, 0.3) is 5.57 Å². The average Bonchev–Trinajstić information content (AvgIpc) is 2.91. The SMILES string of the molecule is Cc1noc(C)c1CNC(=O)N1CC=C(c2ccccc2F)CC1. The zero-order valence-electron chi connectivity index (χ0n) is 13.8. The molecule has 0 radical (unpaired) electrons. The summed E-state index contributed by atoms with van der Waals surface area (Å²) >= 11 is 0. The Morgan fingerprint density at radius 3 is 2.79 bits per heavy atom. The number of hydrogen-bond acceptors (Lipinski definition) is 3. The van der Waals surface area contributed by atoms with Gasteiger partial charge in [-0.3, -0.25) is 0 Å². The molecular formula is C18H20FN3O2. The van der Waals surface area contributed by atoms with Crippen LogP contribution < -0.4 is 5.32 Å². The molecule has 0 aliphatic carbocycles. The van der Waals surface area contributed by atoms with Gasteiger partial charge in [-0.15, -0.1) is 0 Å². The molecule has 1 aliphatic heterocycles. The second-order valence-electron chi connectivity index (χ2n) is 5.87. The number of halogens is 1. The first kappa shape index (κ1) is 16.2. The molecule has 1 N–H and O–H groups in total. The Morgan fingerprint density at radius 1 is 1.38 bits per heavy atom. The van der Waals surface area contributed by atoms with Gasteiger partial charge in [0, 0.05) is 30.8 Å². The maximum absolute atomic E-state index is 13.8. The fourth-order valence-electron chi connectivity index (χ4n) is 2.85. The number of aryl methyl sites for hydroxylation is 2. The molecule has 0 bridgehead atoms. The summed E-state index contributed by atoms with van der Waals surface area (Å²) in [7, 11) is 0. The zero-order chi connectivity index (χ0) is 17.1. The maximum Gasteiger partial charge on any atom is 0.317 e. The van der Waals surface area contributed by atoms with Crippen LogP contribution in [0.15, 0.2) is 34.9 Å². The Morgan fingerprint density at radius 2 is 2.17 bits per heavy atom. The fourth-order valence-corrected chi connectivity index (χ4v) is 2.85. The van der Waals surface area contributed by atoms with Gasteiger partial charge >= 0.3 is 6.03 Å². The first-order chi connectivity index (χ1) is 11.6. The van der Waals surface area contributed by atoms with Crippen molar-refractivity contribution in [3.63, 3.8) is 0 Å². The lowest BCUT2D eigenvalue weighted by atomic mass is 9.99. The lowest BCUT2D eigenvalue weighted by Gasteiger charge is -2.27. The van der Waals surface area contributed by atoms with Gasteiger partial charge in [0.25, 0.3) is 0 Å². The highest BCUT2D eigenvalue weighted by molar-refractivity contribution is 5.76. The highest BCUT2D eigenvalue weighted by atomic mass is 19.1. The van der Waals surface area contributed by atoms with Gasteiger partial charge in [-0.25, -0.2) is 9.18 Å². The van der Waals surface area contributed by atoms with Gasteiger partial charge in [-0.2, -0.15) is 0 Å². The summed E-state index contributed by atoms with van der Waals surface area (Å²) in [5.41, 5.74) is 3.26. The summed E-state index contributed by atoms with van der Waals surface area (Å²) in [6.45, 7) is 5.10. The number of nitrogens with zero attached hydrogens (tertiary/aromatic N) is 2. The van der Waals surface area contributed by atoms with Crippen molar-refractivity contribution in [3.05, 3.63) is 58.7 Å². The van der Waals surface area contributed by atoms with Gasteiger partial charge in [-0.05, 0) is 31.9 Å². The Labute approximate surface area is 140 Å². The van der Waals surface area contributed by atoms with Crippen LogP contribution in [0.2, 0.25) is 0 Å². The number of carbonyl (C=O) groups is 1. The maximum atomic E-state index is 13.8. The second-order valence-corrected chi connectivity index (χ2v) is 5.87.